The van der Waals surface area contributed by atoms with Crippen LogP contribution in [-0.4, -0.2) is 20.6 Å². The highest BCUT2D eigenvalue weighted by Crippen LogP contribution is 2.46. The van der Waals surface area contributed by atoms with E-state index in [0.717, 1.165) is 16.7 Å². The van der Waals surface area contributed by atoms with Crippen molar-refractivity contribution in [3.05, 3.63) is 47.5 Å². The normalized spacial score (nSPS) is 22.9. The monoisotopic (exact) mass is 248 g/mol. The zero-order valence-electron chi connectivity index (χ0n) is 8.62. The van der Waals surface area contributed by atoms with Crippen molar-refractivity contribution in [2.45, 2.75) is 6.10 Å². The molecule has 5 heteroatoms. The molecule has 0 spiro atoms. The SMILES string of the molecule is O=C1C=CC2=C(c3ccccc32)C1OS(=O)O. The van der Waals surface area contributed by atoms with Crippen LogP contribution >= 0.6 is 0 Å². The van der Waals surface area contributed by atoms with Crippen molar-refractivity contribution in [2.24, 2.45) is 0 Å². The van der Waals surface area contributed by atoms with Gasteiger partial charge >= 0.3 is 11.4 Å². The smallest absolute Gasteiger partial charge is 0.291 e. The summed E-state index contributed by atoms with van der Waals surface area (Å²) in [7, 11) is 0. The lowest BCUT2D eigenvalue weighted by atomic mass is 9.74. The van der Waals surface area contributed by atoms with Crippen molar-refractivity contribution in [1.29, 1.82) is 0 Å². The molecule has 2 aliphatic rings. The average molecular weight is 248 g/mol. The molecule has 2 atom stereocenters. The Morgan fingerprint density at radius 1 is 1.18 bits per heavy atom. The van der Waals surface area contributed by atoms with E-state index in [1.807, 2.05) is 24.3 Å². The fourth-order valence-corrected chi connectivity index (χ4v) is 2.57. The molecular formula is C12H8O4S. The number of benzene rings is 1. The minimum atomic E-state index is -2.45. The summed E-state index contributed by atoms with van der Waals surface area (Å²) >= 11 is -2.45. The van der Waals surface area contributed by atoms with E-state index in [9.17, 15) is 9.00 Å². The molecule has 3 rings (SSSR count). The second kappa shape index (κ2) is 3.73. The number of hydrogen-bond donors (Lipinski definition) is 1. The summed E-state index contributed by atoms with van der Waals surface area (Å²) in [6, 6.07) is 7.59. The Morgan fingerprint density at radius 2 is 1.88 bits per heavy atom. The van der Waals surface area contributed by atoms with Crippen LogP contribution in [0.4, 0.5) is 0 Å². The Morgan fingerprint density at radius 3 is 2.59 bits per heavy atom. The number of ketones is 1. The van der Waals surface area contributed by atoms with Crippen LogP contribution in [0.25, 0.3) is 11.1 Å². The van der Waals surface area contributed by atoms with E-state index in [-0.39, 0.29) is 5.78 Å². The van der Waals surface area contributed by atoms with Crippen LogP contribution in [0.5, 0.6) is 0 Å². The van der Waals surface area contributed by atoms with E-state index in [2.05, 4.69) is 0 Å². The van der Waals surface area contributed by atoms with Gasteiger partial charge in [-0.1, -0.05) is 30.3 Å². The highest BCUT2D eigenvalue weighted by Gasteiger charge is 2.37. The molecule has 0 saturated heterocycles. The van der Waals surface area contributed by atoms with Gasteiger partial charge in [-0.05, 0) is 22.8 Å². The maximum Gasteiger partial charge on any atom is 0.302 e. The molecule has 2 unspecified atom stereocenters. The third-order valence-corrected chi connectivity index (χ3v) is 3.27. The minimum Gasteiger partial charge on any atom is -0.291 e. The Kier molecular flexibility index (Phi) is 2.32. The van der Waals surface area contributed by atoms with Crippen LogP contribution in [0.2, 0.25) is 0 Å². The number of rotatable bonds is 2. The molecule has 4 nitrogen and oxygen atoms in total. The summed E-state index contributed by atoms with van der Waals surface area (Å²) in [6.45, 7) is 0. The Hall–Kier alpha value is -1.56. The van der Waals surface area contributed by atoms with E-state index in [1.54, 1.807) is 6.08 Å². The van der Waals surface area contributed by atoms with Gasteiger partial charge in [-0.15, -0.1) is 0 Å². The Balaban J connectivity index is 2.05. The Bertz CT molecular complexity index is 600. The molecule has 0 bridgehead atoms. The molecule has 0 amide bonds. The molecule has 1 aromatic rings. The van der Waals surface area contributed by atoms with Gasteiger partial charge in [0.2, 0.25) is 0 Å². The van der Waals surface area contributed by atoms with E-state index in [0.29, 0.717) is 5.57 Å². The van der Waals surface area contributed by atoms with E-state index >= 15 is 0 Å². The third kappa shape index (κ3) is 1.51. The van der Waals surface area contributed by atoms with Gasteiger partial charge in [0, 0.05) is 5.57 Å². The zero-order valence-corrected chi connectivity index (χ0v) is 9.44. The van der Waals surface area contributed by atoms with Crippen LogP contribution < -0.4 is 0 Å². The fraction of sp³-hybridized carbons (Fsp3) is 0.0833. The number of hydrogen-bond acceptors (Lipinski definition) is 3. The Labute approximate surface area is 100 Å². The topological polar surface area (TPSA) is 63.6 Å². The molecule has 0 fully saturated rings. The van der Waals surface area contributed by atoms with Gasteiger partial charge in [-0.25, -0.2) is 0 Å². The lowest BCUT2D eigenvalue weighted by Crippen LogP contribution is -2.31. The minimum absolute atomic E-state index is 0.305. The molecule has 0 aromatic heterocycles. The fourth-order valence-electron chi connectivity index (χ4n) is 2.22. The molecule has 0 saturated carbocycles. The maximum absolute atomic E-state index is 11.6. The first-order chi connectivity index (χ1) is 8.18. The summed E-state index contributed by atoms with van der Waals surface area (Å²) in [4.78, 5) is 11.6. The van der Waals surface area contributed by atoms with E-state index in [1.165, 1.54) is 6.08 Å². The van der Waals surface area contributed by atoms with Crippen molar-refractivity contribution in [1.82, 2.24) is 0 Å². The summed E-state index contributed by atoms with van der Waals surface area (Å²) < 4.78 is 24.2. The highest BCUT2D eigenvalue weighted by molar-refractivity contribution is 7.74. The van der Waals surface area contributed by atoms with Crippen molar-refractivity contribution in [3.63, 3.8) is 0 Å². The van der Waals surface area contributed by atoms with Crippen LogP contribution in [0, 0.1) is 0 Å². The summed E-state index contributed by atoms with van der Waals surface area (Å²) in [5, 5.41) is 0. The molecule has 17 heavy (non-hydrogen) atoms. The molecule has 0 radical (unpaired) electrons. The molecule has 0 heterocycles. The van der Waals surface area contributed by atoms with Crippen LogP contribution in [0.3, 0.4) is 0 Å². The van der Waals surface area contributed by atoms with Crippen molar-refractivity contribution >= 4 is 28.3 Å². The summed E-state index contributed by atoms with van der Waals surface area (Å²) in [5.74, 6) is -0.305. The standard InChI is InChI=1S/C12H8O4S/c13-10-6-5-9-7-3-1-2-4-8(7)11(9)12(10)16-17(14)15/h1-6,12H,(H,14,15). The first-order valence-corrected chi connectivity index (χ1v) is 6.05. The highest BCUT2D eigenvalue weighted by atomic mass is 32.2. The van der Waals surface area contributed by atoms with Gasteiger partial charge < -0.3 is 0 Å². The molecular weight excluding hydrogens is 240 g/mol. The predicted octanol–water partition coefficient (Wildman–Crippen LogP) is 1.57. The third-order valence-electron chi connectivity index (χ3n) is 2.91. The lowest BCUT2D eigenvalue weighted by Gasteiger charge is -2.32. The molecule has 0 aliphatic heterocycles. The van der Waals surface area contributed by atoms with Gasteiger partial charge in [0.25, 0.3) is 0 Å². The van der Waals surface area contributed by atoms with Crippen molar-refractivity contribution in [3.8, 4) is 0 Å². The average Bonchev–Trinajstić information content (AvgIpc) is 2.28. The molecule has 2 aliphatic carbocycles. The van der Waals surface area contributed by atoms with Gasteiger partial charge in [0.15, 0.2) is 11.9 Å². The summed E-state index contributed by atoms with van der Waals surface area (Å²) in [6.07, 6.45) is 2.14. The molecule has 1 aromatic carbocycles. The van der Waals surface area contributed by atoms with Gasteiger partial charge in [0.05, 0.1) is 0 Å². The number of carbonyl (C=O) groups excluding carboxylic acids is 1. The second-order valence-corrected chi connectivity index (χ2v) is 4.43. The van der Waals surface area contributed by atoms with Crippen molar-refractivity contribution in [2.75, 3.05) is 0 Å². The number of fused-ring (bicyclic) bond motifs is 3. The predicted molar refractivity (Wildman–Crippen MR) is 63.0 cm³/mol. The molecule has 1 N–H and O–H groups in total. The lowest BCUT2D eigenvalue weighted by molar-refractivity contribution is -0.118. The first-order valence-electron chi connectivity index (χ1n) is 5.02. The molecule has 86 valence electrons. The van der Waals surface area contributed by atoms with E-state index in [4.69, 9.17) is 8.74 Å². The van der Waals surface area contributed by atoms with Crippen molar-refractivity contribution < 1.29 is 17.7 Å². The van der Waals surface area contributed by atoms with Gasteiger partial charge in [0.1, 0.15) is 0 Å². The zero-order chi connectivity index (χ0) is 12.0. The van der Waals surface area contributed by atoms with Crippen LogP contribution in [0.1, 0.15) is 11.1 Å². The number of carbonyl (C=O) groups is 1. The van der Waals surface area contributed by atoms with Gasteiger partial charge in [-0.3, -0.25) is 13.5 Å². The maximum atomic E-state index is 11.6. The van der Waals surface area contributed by atoms with E-state index < -0.39 is 17.5 Å². The second-order valence-electron chi connectivity index (χ2n) is 3.80. The van der Waals surface area contributed by atoms with Gasteiger partial charge in [-0.2, -0.15) is 4.21 Å². The largest absolute Gasteiger partial charge is 0.302 e. The first kappa shape index (κ1) is 10.6. The van der Waals surface area contributed by atoms with Crippen LogP contribution in [0.15, 0.2) is 36.4 Å². The quantitative estimate of drug-likeness (QED) is 0.807. The van der Waals surface area contributed by atoms with Crippen LogP contribution in [-0.2, 0) is 20.3 Å². The summed E-state index contributed by atoms with van der Waals surface area (Å²) in [5.41, 5.74) is 3.57. The number of allylic oxidation sites excluding steroid dienone is 2.